The minimum Gasteiger partial charge on any atom is -0.508 e. The van der Waals surface area contributed by atoms with Crippen molar-refractivity contribution in [3.8, 4) is 11.5 Å². The Kier molecular flexibility index (Phi) is 2.80. The van der Waals surface area contributed by atoms with Crippen molar-refractivity contribution in [2.45, 2.75) is 6.42 Å². The predicted molar refractivity (Wildman–Crippen MR) is 71.9 cm³/mol. The number of phenolic OH excluding ortho intramolecular Hbond substituents is 1. The summed E-state index contributed by atoms with van der Waals surface area (Å²) in [4.78, 5) is 11.9. The summed E-state index contributed by atoms with van der Waals surface area (Å²) >= 11 is 0. The molecule has 0 aromatic heterocycles. The summed E-state index contributed by atoms with van der Waals surface area (Å²) in [6.07, 6.45) is 2.28. The minimum atomic E-state index is -0.331. The monoisotopic (exact) mass is 252 g/mol. The van der Waals surface area contributed by atoms with Crippen LogP contribution in [0.15, 0.2) is 54.1 Å². The van der Waals surface area contributed by atoms with Crippen molar-refractivity contribution in [3.63, 3.8) is 0 Å². The summed E-state index contributed by atoms with van der Waals surface area (Å²) in [7, 11) is 0. The van der Waals surface area contributed by atoms with Crippen molar-refractivity contribution in [3.05, 3.63) is 65.2 Å². The maximum absolute atomic E-state index is 11.9. The van der Waals surface area contributed by atoms with E-state index in [0.717, 1.165) is 11.1 Å². The molecule has 0 bridgehead atoms. The van der Waals surface area contributed by atoms with Gasteiger partial charge < -0.3 is 9.84 Å². The fourth-order valence-electron chi connectivity index (χ4n) is 2.11. The molecular formula is C16H12O3. The summed E-state index contributed by atoms with van der Waals surface area (Å²) in [5.74, 6) is 0.366. The molecule has 94 valence electrons. The molecule has 0 saturated heterocycles. The van der Waals surface area contributed by atoms with Gasteiger partial charge in [0, 0.05) is 17.6 Å². The van der Waals surface area contributed by atoms with Gasteiger partial charge in [0.1, 0.15) is 11.5 Å². The molecule has 1 heterocycles. The van der Waals surface area contributed by atoms with Crippen molar-refractivity contribution in [1.29, 1.82) is 0 Å². The van der Waals surface area contributed by atoms with Crippen LogP contribution in [0, 0.1) is 0 Å². The molecule has 0 spiro atoms. The summed E-state index contributed by atoms with van der Waals surface area (Å²) < 4.78 is 5.25. The van der Waals surface area contributed by atoms with Crippen molar-refractivity contribution in [2.24, 2.45) is 0 Å². The lowest BCUT2D eigenvalue weighted by Gasteiger charge is -2.18. The van der Waals surface area contributed by atoms with Gasteiger partial charge in [0.15, 0.2) is 0 Å². The molecule has 1 aliphatic rings. The standard InChI is InChI=1S/C16H12O3/c17-14-6-7-15-12(10-14)9-13(16(18)19-15)8-11-4-2-1-3-5-11/h1-8,10,17H,9H2/b13-8+. The zero-order chi connectivity index (χ0) is 13.2. The van der Waals surface area contributed by atoms with E-state index >= 15 is 0 Å². The predicted octanol–water partition coefficient (Wildman–Crippen LogP) is 2.94. The maximum Gasteiger partial charge on any atom is 0.339 e. The van der Waals surface area contributed by atoms with Gasteiger partial charge in [-0.1, -0.05) is 30.3 Å². The molecule has 1 aliphatic heterocycles. The second kappa shape index (κ2) is 4.61. The Hall–Kier alpha value is -2.55. The van der Waals surface area contributed by atoms with Crippen LogP contribution in [0.1, 0.15) is 11.1 Å². The Labute approximate surface area is 110 Å². The van der Waals surface area contributed by atoms with E-state index in [0.29, 0.717) is 17.7 Å². The number of phenols is 1. The van der Waals surface area contributed by atoms with Crippen LogP contribution in [-0.4, -0.2) is 11.1 Å². The Morgan fingerprint density at radius 3 is 2.68 bits per heavy atom. The topological polar surface area (TPSA) is 46.5 Å². The third-order valence-corrected chi connectivity index (χ3v) is 3.03. The van der Waals surface area contributed by atoms with Crippen LogP contribution in [-0.2, 0) is 11.2 Å². The number of carbonyl (C=O) groups is 1. The first-order chi connectivity index (χ1) is 9.22. The molecule has 0 saturated carbocycles. The van der Waals surface area contributed by atoms with Gasteiger partial charge in [-0.3, -0.25) is 0 Å². The van der Waals surface area contributed by atoms with E-state index in [2.05, 4.69) is 0 Å². The highest BCUT2D eigenvalue weighted by atomic mass is 16.5. The molecule has 0 atom stereocenters. The van der Waals surface area contributed by atoms with Crippen molar-refractivity contribution >= 4 is 12.0 Å². The third-order valence-electron chi connectivity index (χ3n) is 3.03. The van der Waals surface area contributed by atoms with Gasteiger partial charge in [-0.2, -0.15) is 0 Å². The highest BCUT2D eigenvalue weighted by molar-refractivity contribution is 5.97. The number of ether oxygens (including phenoxy) is 1. The lowest BCUT2D eigenvalue weighted by molar-refractivity contribution is -0.130. The lowest BCUT2D eigenvalue weighted by Crippen LogP contribution is -2.19. The van der Waals surface area contributed by atoms with Gasteiger partial charge in [-0.05, 0) is 29.8 Å². The molecule has 0 aliphatic carbocycles. The molecule has 1 N–H and O–H groups in total. The number of carbonyl (C=O) groups excluding carboxylic acids is 1. The van der Waals surface area contributed by atoms with Crippen LogP contribution in [0.4, 0.5) is 0 Å². The zero-order valence-corrected chi connectivity index (χ0v) is 10.2. The van der Waals surface area contributed by atoms with E-state index < -0.39 is 0 Å². The molecule has 0 fully saturated rings. The number of hydrogen-bond donors (Lipinski definition) is 1. The largest absolute Gasteiger partial charge is 0.508 e. The first-order valence-corrected chi connectivity index (χ1v) is 6.02. The van der Waals surface area contributed by atoms with Crippen LogP contribution in [0.2, 0.25) is 0 Å². The number of esters is 1. The van der Waals surface area contributed by atoms with Crippen LogP contribution in [0.25, 0.3) is 6.08 Å². The highest BCUT2D eigenvalue weighted by Crippen LogP contribution is 2.31. The van der Waals surface area contributed by atoms with Crippen LogP contribution in [0.3, 0.4) is 0 Å². The number of rotatable bonds is 1. The second-order valence-corrected chi connectivity index (χ2v) is 4.44. The van der Waals surface area contributed by atoms with E-state index in [9.17, 15) is 9.90 Å². The van der Waals surface area contributed by atoms with Crippen molar-refractivity contribution in [2.75, 3.05) is 0 Å². The number of aromatic hydroxyl groups is 1. The summed E-state index contributed by atoms with van der Waals surface area (Å²) in [6.45, 7) is 0. The van der Waals surface area contributed by atoms with Crippen LogP contribution >= 0.6 is 0 Å². The summed E-state index contributed by atoms with van der Waals surface area (Å²) in [5.41, 5.74) is 2.36. The van der Waals surface area contributed by atoms with E-state index in [-0.39, 0.29) is 11.7 Å². The molecule has 0 amide bonds. The van der Waals surface area contributed by atoms with Gasteiger partial charge >= 0.3 is 5.97 Å². The number of hydrogen-bond acceptors (Lipinski definition) is 3. The maximum atomic E-state index is 11.9. The third kappa shape index (κ3) is 2.36. The van der Waals surface area contributed by atoms with E-state index in [1.807, 2.05) is 36.4 Å². The smallest absolute Gasteiger partial charge is 0.339 e. The van der Waals surface area contributed by atoms with E-state index in [4.69, 9.17) is 4.74 Å². The van der Waals surface area contributed by atoms with Crippen LogP contribution in [0.5, 0.6) is 11.5 Å². The summed E-state index contributed by atoms with van der Waals surface area (Å²) in [5, 5.41) is 9.47. The first-order valence-electron chi connectivity index (χ1n) is 6.02. The molecule has 0 radical (unpaired) electrons. The Bertz CT molecular complexity index is 657. The Balaban J connectivity index is 1.97. The first kappa shape index (κ1) is 11.5. The molecule has 2 aromatic rings. The quantitative estimate of drug-likeness (QED) is 0.482. The second-order valence-electron chi connectivity index (χ2n) is 4.44. The van der Waals surface area contributed by atoms with Gasteiger partial charge in [0.05, 0.1) is 0 Å². The van der Waals surface area contributed by atoms with E-state index in [1.54, 1.807) is 12.1 Å². The fraction of sp³-hybridized carbons (Fsp3) is 0.0625. The molecule has 3 nitrogen and oxygen atoms in total. The van der Waals surface area contributed by atoms with Crippen molar-refractivity contribution < 1.29 is 14.6 Å². The van der Waals surface area contributed by atoms with Gasteiger partial charge in [0.25, 0.3) is 0 Å². The minimum absolute atomic E-state index is 0.177. The SMILES string of the molecule is O=C1Oc2ccc(O)cc2C/C1=C\c1ccccc1. The summed E-state index contributed by atoms with van der Waals surface area (Å²) in [6, 6.07) is 14.4. The average Bonchev–Trinajstić information content (AvgIpc) is 2.41. The fourth-order valence-corrected chi connectivity index (χ4v) is 2.11. The Morgan fingerprint density at radius 1 is 1.11 bits per heavy atom. The Morgan fingerprint density at radius 2 is 1.89 bits per heavy atom. The van der Waals surface area contributed by atoms with E-state index in [1.165, 1.54) is 6.07 Å². The average molecular weight is 252 g/mol. The zero-order valence-electron chi connectivity index (χ0n) is 10.2. The molecule has 3 heteroatoms. The normalized spacial score (nSPS) is 16.0. The molecular weight excluding hydrogens is 240 g/mol. The molecule has 19 heavy (non-hydrogen) atoms. The number of fused-ring (bicyclic) bond motifs is 1. The van der Waals surface area contributed by atoms with Gasteiger partial charge in [0.2, 0.25) is 0 Å². The van der Waals surface area contributed by atoms with Crippen molar-refractivity contribution in [1.82, 2.24) is 0 Å². The molecule has 3 rings (SSSR count). The van der Waals surface area contributed by atoms with Gasteiger partial charge in [-0.25, -0.2) is 4.79 Å². The molecule has 0 unspecified atom stereocenters. The number of benzene rings is 2. The van der Waals surface area contributed by atoms with Gasteiger partial charge in [-0.15, -0.1) is 0 Å². The lowest BCUT2D eigenvalue weighted by atomic mass is 9.99. The molecule has 2 aromatic carbocycles. The highest BCUT2D eigenvalue weighted by Gasteiger charge is 2.22. The van der Waals surface area contributed by atoms with Crippen LogP contribution < -0.4 is 4.74 Å².